The quantitative estimate of drug-likeness (QED) is 0.227. The standard InChI is InChI=1S/C33H34FN7O2/c1-23(26-6-9-29(34)10-7-26)40-33(42)30-18-25(19-35)21-39-32(30)38-20-24-2-4-27(5-3-24)28-8-11-31(37-22-28)36-12-13-41-14-16-43-17-15-41/h2-11,18,21-23H,12-17,20H2,1H3,(H,36,37)(H,38,39)(H,40,42). The molecule has 3 heterocycles. The van der Waals surface area contributed by atoms with E-state index in [1.54, 1.807) is 12.1 Å². The van der Waals surface area contributed by atoms with E-state index in [-0.39, 0.29) is 28.9 Å². The summed E-state index contributed by atoms with van der Waals surface area (Å²) in [4.78, 5) is 24.4. The Morgan fingerprint density at radius 1 is 1.00 bits per heavy atom. The third kappa shape index (κ3) is 8.13. The van der Waals surface area contributed by atoms with Gasteiger partial charge in [0.05, 0.1) is 30.4 Å². The molecule has 2 aromatic heterocycles. The molecule has 220 valence electrons. The molecular weight excluding hydrogens is 545 g/mol. The molecule has 1 fully saturated rings. The van der Waals surface area contributed by atoms with Gasteiger partial charge >= 0.3 is 0 Å². The first-order chi connectivity index (χ1) is 21.0. The Hall–Kier alpha value is -4.85. The van der Waals surface area contributed by atoms with E-state index >= 15 is 0 Å². The van der Waals surface area contributed by atoms with Gasteiger partial charge in [0, 0.05) is 50.7 Å². The number of ether oxygens (including phenoxy) is 1. The summed E-state index contributed by atoms with van der Waals surface area (Å²) in [6.45, 7) is 7.57. The van der Waals surface area contributed by atoms with E-state index < -0.39 is 0 Å². The van der Waals surface area contributed by atoms with Crippen LogP contribution in [0.15, 0.2) is 79.1 Å². The summed E-state index contributed by atoms with van der Waals surface area (Å²) in [6, 6.07) is 21.3. The number of benzene rings is 2. The number of anilines is 2. The Morgan fingerprint density at radius 2 is 1.74 bits per heavy atom. The number of hydrogen-bond acceptors (Lipinski definition) is 8. The number of hydrogen-bond donors (Lipinski definition) is 3. The van der Waals surface area contributed by atoms with Crippen molar-refractivity contribution in [1.29, 1.82) is 5.26 Å². The molecule has 1 amide bonds. The van der Waals surface area contributed by atoms with Crippen LogP contribution < -0.4 is 16.0 Å². The van der Waals surface area contributed by atoms with Crippen molar-refractivity contribution in [2.45, 2.75) is 19.5 Å². The van der Waals surface area contributed by atoms with Gasteiger partial charge in [-0.3, -0.25) is 9.69 Å². The van der Waals surface area contributed by atoms with Gasteiger partial charge in [-0.05, 0) is 53.9 Å². The predicted octanol–water partition coefficient (Wildman–Crippen LogP) is 5.00. The largest absolute Gasteiger partial charge is 0.379 e. The summed E-state index contributed by atoms with van der Waals surface area (Å²) in [5, 5.41) is 18.9. The summed E-state index contributed by atoms with van der Waals surface area (Å²) in [6.07, 6.45) is 3.29. The lowest BCUT2D eigenvalue weighted by atomic mass is 10.1. The van der Waals surface area contributed by atoms with Gasteiger partial charge in [-0.15, -0.1) is 0 Å². The van der Waals surface area contributed by atoms with E-state index in [1.807, 2.05) is 49.5 Å². The van der Waals surface area contributed by atoms with Crippen molar-refractivity contribution >= 4 is 17.5 Å². The fourth-order valence-electron chi connectivity index (χ4n) is 4.79. The zero-order valence-corrected chi connectivity index (χ0v) is 24.0. The van der Waals surface area contributed by atoms with Crippen LogP contribution in [0.4, 0.5) is 16.0 Å². The van der Waals surface area contributed by atoms with Gasteiger partial charge in [-0.1, -0.05) is 36.4 Å². The Labute approximate surface area is 250 Å². The summed E-state index contributed by atoms with van der Waals surface area (Å²) in [5.74, 6) is 0.489. The maximum atomic E-state index is 13.3. The van der Waals surface area contributed by atoms with Crippen LogP contribution in [-0.2, 0) is 11.3 Å². The Balaban J connectivity index is 1.17. The molecule has 2 aromatic carbocycles. The Morgan fingerprint density at radius 3 is 2.44 bits per heavy atom. The maximum Gasteiger partial charge on any atom is 0.255 e. The molecule has 5 rings (SSSR count). The molecular formula is C33H34FN7O2. The second kappa shape index (κ2) is 14.4. The number of carbonyl (C=O) groups is 1. The molecule has 1 aliphatic heterocycles. The first-order valence-electron chi connectivity index (χ1n) is 14.3. The highest BCUT2D eigenvalue weighted by Crippen LogP contribution is 2.22. The third-order valence-corrected chi connectivity index (χ3v) is 7.33. The molecule has 0 spiro atoms. The van der Waals surface area contributed by atoms with E-state index in [2.05, 4.69) is 36.9 Å². The Bertz CT molecular complexity index is 1550. The van der Waals surface area contributed by atoms with Gasteiger partial charge < -0.3 is 20.7 Å². The summed E-state index contributed by atoms with van der Waals surface area (Å²) in [7, 11) is 0. The number of nitrogens with one attached hydrogen (secondary N) is 3. The van der Waals surface area contributed by atoms with Crippen LogP contribution in [-0.4, -0.2) is 60.2 Å². The molecule has 43 heavy (non-hydrogen) atoms. The van der Waals surface area contributed by atoms with Gasteiger partial charge in [0.1, 0.15) is 23.5 Å². The minimum atomic E-state index is -0.384. The summed E-state index contributed by atoms with van der Waals surface area (Å²) >= 11 is 0. The van der Waals surface area contributed by atoms with Crippen LogP contribution in [0, 0.1) is 17.1 Å². The average molecular weight is 580 g/mol. The van der Waals surface area contributed by atoms with Crippen molar-refractivity contribution < 1.29 is 13.9 Å². The molecule has 1 aliphatic rings. The van der Waals surface area contributed by atoms with Crippen molar-refractivity contribution in [2.24, 2.45) is 0 Å². The summed E-state index contributed by atoms with van der Waals surface area (Å²) in [5.41, 5.74) is 4.35. The van der Waals surface area contributed by atoms with E-state index in [4.69, 9.17) is 4.74 Å². The highest BCUT2D eigenvalue weighted by molar-refractivity contribution is 5.99. The number of halogens is 1. The van der Waals surface area contributed by atoms with Crippen LogP contribution in [0.25, 0.3) is 11.1 Å². The monoisotopic (exact) mass is 579 g/mol. The number of morpholine rings is 1. The van der Waals surface area contributed by atoms with Gasteiger partial charge in [0.2, 0.25) is 0 Å². The number of aromatic nitrogens is 2. The molecule has 3 N–H and O–H groups in total. The second-order valence-electron chi connectivity index (χ2n) is 10.3. The minimum absolute atomic E-state index is 0.259. The number of nitriles is 1. The summed E-state index contributed by atoms with van der Waals surface area (Å²) < 4.78 is 18.7. The number of rotatable bonds is 11. The fourth-order valence-corrected chi connectivity index (χ4v) is 4.79. The molecule has 0 saturated carbocycles. The van der Waals surface area contributed by atoms with E-state index in [1.165, 1.54) is 24.4 Å². The molecule has 10 heteroatoms. The topological polar surface area (TPSA) is 115 Å². The molecule has 0 radical (unpaired) electrons. The molecule has 1 unspecified atom stereocenters. The van der Waals surface area contributed by atoms with Crippen LogP contribution in [0.1, 0.15) is 40.0 Å². The van der Waals surface area contributed by atoms with Crippen molar-refractivity contribution in [3.8, 4) is 17.2 Å². The van der Waals surface area contributed by atoms with Gasteiger partial charge in [0.15, 0.2) is 0 Å². The van der Waals surface area contributed by atoms with E-state index in [0.717, 1.165) is 67.5 Å². The third-order valence-electron chi connectivity index (χ3n) is 7.33. The lowest BCUT2D eigenvalue weighted by molar-refractivity contribution is 0.0398. The van der Waals surface area contributed by atoms with Crippen molar-refractivity contribution in [1.82, 2.24) is 20.2 Å². The van der Waals surface area contributed by atoms with E-state index in [9.17, 15) is 14.4 Å². The molecule has 1 atom stereocenters. The number of carbonyl (C=O) groups excluding carboxylic acids is 1. The van der Waals surface area contributed by atoms with Gasteiger partial charge in [0.25, 0.3) is 5.91 Å². The minimum Gasteiger partial charge on any atom is -0.379 e. The number of pyridine rings is 2. The first kappa shape index (κ1) is 29.6. The second-order valence-corrected chi connectivity index (χ2v) is 10.3. The predicted molar refractivity (Wildman–Crippen MR) is 164 cm³/mol. The average Bonchev–Trinajstić information content (AvgIpc) is 3.05. The fraction of sp³-hybridized carbons (Fsp3) is 0.273. The first-order valence-corrected chi connectivity index (χ1v) is 14.3. The van der Waals surface area contributed by atoms with Crippen LogP contribution >= 0.6 is 0 Å². The van der Waals surface area contributed by atoms with Gasteiger partial charge in [-0.2, -0.15) is 5.26 Å². The molecule has 0 bridgehead atoms. The number of nitrogens with zero attached hydrogens (tertiary/aromatic N) is 4. The lowest BCUT2D eigenvalue weighted by Gasteiger charge is -2.26. The molecule has 9 nitrogen and oxygen atoms in total. The van der Waals surface area contributed by atoms with Crippen LogP contribution in [0.3, 0.4) is 0 Å². The smallest absolute Gasteiger partial charge is 0.255 e. The Kier molecular flexibility index (Phi) is 9.90. The number of amides is 1. The molecule has 0 aliphatic carbocycles. The van der Waals surface area contributed by atoms with Gasteiger partial charge in [-0.25, -0.2) is 14.4 Å². The molecule has 4 aromatic rings. The van der Waals surface area contributed by atoms with Crippen molar-refractivity contribution in [2.75, 3.05) is 50.0 Å². The van der Waals surface area contributed by atoms with Crippen molar-refractivity contribution in [3.05, 3.63) is 107 Å². The zero-order valence-electron chi connectivity index (χ0n) is 24.0. The van der Waals surface area contributed by atoms with E-state index in [0.29, 0.717) is 12.4 Å². The van der Waals surface area contributed by atoms with Crippen molar-refractivity contribution in [3.63, 3.8) is 0 Å². The lowest BCUT2D eigenvalue weighted by Crippen LogP contribution is -2.39. The zero-order chi connectivity index (χ0) is 30.0. The normalized spacial score (nSPS) is 14.0. The highest BCUT2D eigenvalue weighted by Gasteiger charge is 2.17. The molecule has 1 saturated heterocycles. The van der Waals surface area contributed by atoms with Crippen LogP contribution in [0.2, 0.25) is 0 Å². The SMILES string of the molecule is CC(NC(=O)c1cc(C#N)cnc1NCc1ccc(-c2ccc(NCCN3CCOCC3)nc2)cc1)c1ccc(F)cc1. The maximum absolute atomic E-state index is 13.3. The highest BCUT2D eigenvalue weighted by atomic mass is 19.1. The van der Waals surface area contributed by atoms with Crippen LogP contribution in [0.5, 0.6) is 0 Å².